The Labute approximate surface area is 104 Å². The van der Waals surface area contributed by atoms with E-state index in [1.165, 1.54) is 18.5 Å². The van der Waals surface area contributed by atoms with Gasteiger partial charge in [0.25, 0.3) is 0 Å². The van der Waals surface area contributed by atoms with Crippen molar-refractivity contribution in [3.63, 3.8) is 0 Å². The maximum atomic E-state index is 4.20. The van der Waals surface area contributed by atoms with E-state index in [0.29, 0.717) is 18.1 Å². The third-order valence-corrected chi connectivity index (χ3v) is 3.50. The number of aromatic nitrogens is 1. The summed E-state index contributed by atoms with van der Waals surface area (Å²) in [6.45, 7) is 9.03. The fraction of sp³-hybridized carbons (Fsp3) is 0.643. The molecule has 17 heavy (non-hydrogen) atoms. The largest absolute Gasteiger partial charge is 0.310 e. The first-order chi connectivity index (χ1) is 8.16. The normalized spacial score (nSPS) is 23.2. The Morgan fingerprint density at radius 3 is 2.88 bits per heavy atom. The van der Waals surface area contributed by atoms with Crippen LogP contribution in [0.4, 0.5) is 0 Å². The summed E-state index contributed by atoms with van der Waals surface area (Å²) >= 11 is 0. The Kier molecular flexibility index (Phi) is 4.13. The van der Waals surface area contributed by atoms with Gasteiger partial charge in [0.1, 0.15) is 0 Å². The van der Waals surface area contributed by atoms with Crippen LogP contribution in [0.15, 0.2) is 24.5 Å². The highest BCUT2D eigenvalue weighted by Gasteiger charge is 2.26. The van der Waals surface area contributed by atoms with Gasteiger partial charge in [-0.2, -0.15) is 0 Å². The predicted molar refractivity (Wildman–Crippen MR) is 70.9 cm³/mol. The molecule has 1 N–H and O–H groups in total. The summed E-state index contributed by atoms with van der Waals surface area (Å²) in [7, 11) is 0. The van der Waals surface area contributed by atoms with Crippen LogP contribution in [0.3, 0.4) is 0 Å². The van der Waals surface area contributed by atoms with Gasteiger partial charge in [0.2, 0.25) is 0 Å². The second-order valence-corrected chi connectivity index (χ2v) is 5.26. The van der Waals surface area contributed by atoms with E-state index in [4.69, 9.17) is 0 Å². The van der Waals surface area contributed by atoms with Crippen LogP contribution in [0.2, 0.25) is 0 Å². The van der Waals surface area contributed by atoms with E-state index in [0.717, 1.165) is 6.54 Å². The van der Waals surface area contributed by atoms with Crippen LogP contribution in [0.1, 0.15) is 38.8 Å². The molecule has 3 nitrogen and oxygen atoms in total. The Morgan fingerprint density at radius 1 is 1.41 bits per heavy atom. The van der Waals surface area contributed by atoms with Crippen LogP contribution in [-0.2, 0) is 0 Å². The smallest absolute Gasteiger partial charge is 0.0335 e. The van der Waals surface area contributed by atoms with E-state index in [2.05, 4.69) is 42.0 Å². The molecule has 94 valence electrons. The third kappa shape index (κ3) is 3.27. The van der Waals surface area contributed by atoms with Crippen LogP contribution in [-0.4, -0.2) is 35.1 Å². The minimum atomic E-state index is 0.475. The first-order valence-corrected chi connectivity index (χ1v) is 6.57. The van der Waals surface area contributed by atoms with E-state index in [9.17, 15) is 0 Å². The Balaban J connectivity index is 1.92. The number of hydrogen-bond donors (Lipinski definition) is 1. The van der Waals surface area contributed by atoms with E-state index in [1.807, 2.05) is 18.5 Å². The van der Waals surface area contributed by atoms with Gasteiger partial charge in [-0.3, -0.25) is 9.88 Å². The molecule has 1 saturated heterocycles. The van der Waals surface area contributed by atoms with Gasteiger partial charge in [0.05, 0.1) is 0 Å². The summed E-state index contributed by atoms with van der Waals surface area (Å²) in [4.78, 5) is 6.74. The molecule has 1 aliphatic rings. The van der Waals surface area contributed by atoms with Crippen molar-refractivity contribution in [1.29, 1.82) is 0 Å². The summed E-state index contributed by atoms with van der Waals surface area (Å²) in [6.07, 6.45) is 5.07. The lowest BCUT2D eigenvalue weighted by Crippen LogP contribution is -2.37. The molecule has 2 unspecified atom stereocenters. The number of nitrogens with zero attached hydrogens (tertiary/aromatic N) is 2. The fourth-order valence-electron chi connectivity index (χ4n) is 2.58. The number of hydrogen-bond acceptors (Lipinski definition) is 3. The molecular formula is C14H23N3. The van der Waals surface area contributed by atoms with Gasteiger partial charge in [-0.25, -0.2) is 0 Å². The van der Waals surface area contributed by atoms with Crippen molar-refractivity contribution in [3.8, 4) is 0 Å². The molecule has 0 aromatic carbocycles. The highest BCUT2D eigenvalue weighted by atomic mass is 15.2. The second kappa shape index (κ2) is 5.61. The average molecular weight is 233 g/mol. The van der Waals surface area contributed by atoms with Crippen molar-refractivity contribution in [2.24, 2.45) is 0 Å². The molecule has 0 radical (unpaired) electrons. The average Bonchev–Trinajstić information content (AvgIpc) is 2.77. The van der Waals surface area contributed by atoms with Crippen LogP contribution in [0, 0.1) is 0 Å². The number of rotatable bonds is 4. The molecule has 0 bridgehead atoms. The molecule has 1 fully saturated rings. The van der Waals surface area contributed by atoms with Gasteiger partial charge in [-0.05, 0) is 25.0 Å². The van der Waals surface area contributed by atoms with Crippen molar-refractivity contribution in [1.82, 2.24) is 15.2 Å². The highest BCUT2D eigenvalue weighted by molar-refractivity contribution is 5.13. The Bertz CT molecular complexity index is 337. The molecule has 0 saturated carbocycles. The fourth-order valence-corrected chi connectivity index (χ4v) is 2.58. The Hall–Kier alpha value is -0.930. The van der Waals surface area contributed by atoms with Gasteiger partial charge >= 0.3 is 0 Å². The standard InChI is InChI=1S/C14H23N3/c1-11(2)16-14-6-8-17(10-14)12(3)13-5-4-7-15-9-13/h4-5,7,9,11-12,14,16H,6,8,10H2,1-3H3. The number of pyridine rings is 1. The molecule has 1 aromatic rings. The quantitative estimate of drug-likeness (QED) is 0.864. The zero-order chi connectivity index (χ0) is 12.3. The minimum Gasteiger partial charge on any atom is -0.310 e. The first-order valence-electron chi connectivity index (χ1n) is 6.57. The van der Waals surface area contributed by atoms with Gasteiger partial charge < -0.3 is 5.32 Å². The van der Waals surface area contributed by atoms with E-state index >= 15 is 0 Å². The van der Waals surface area contributed by atoms with Crippen molar-refractivity contribution in [2.45, 2.75) is 45.3 Å². The zero-order valence-electron chi connectivity index (χ0n) is 11.1. The summed E-state index contributed by atoms with van der Waals surface area (Å²) in [5.41, 5.74) is 1.32. The summed E-state index contributed by atoms with van der Waals surface area (Å²) in [6, 6.07) is 5.89. The van der Waals surface area contributed by atoms with Crippen LogP contribution in [0.25, 0.3) is 0 Å². The SMILES string of the molecule is CC(C)NC1CCN(C(C)c2cccnc2)C1. The van der Waals surface area contributed by atoms with Crippen LogP contribution in [0.5, 0.6) is 0 Å². The molecular weight excluding hydrogens is 210 g/mol. The first kappa shape index (κ1) is 12.5. The molecule has 3 heteroatoms. The van der Waals surface area contributed by atoms with Crippen molar-refractivity contribution in [2.75, 3.05) is 13.1 Å². The van der Waals surface area contributed by atoms with Gasteiger partial charge in [-0.15, -0.1) is 0 Å². The van der Waals surface area contributed by atoms with Gasteiger partial charge in [0.15, 0.2) is 0 Å². The number of likely N-dealkylation sites (tertiary alicyclic amines) is 1. The molecule has 0 aliphatic carbocycles. The van der Waals surface area contributed by atoms with Crippen molar-refractivity contribution < 1.29 is 0 Å². The maximum absolute atomic E-state index is 4.20. The predicted octanol–water partition coefficient (Wildman–Crippen LogP) is 2.21. The highest BCUT2D eigenvalue weighted by Crippen LogP contribution is 2.23. The topological polar surface area (TPSA) is 28.2 Å². The van der Waals surface area contributed by atoms with Gasteiger partial charge in [0, 0.05) is 43.6 Å². The van der Waals surface area contributed by atoms with Gasteiger partial charge in [-0.1, -0.05) is 19.9 Å². The molecule has 2 heterocycles. The number of nitrogens with one attached hydrogen (secondary N) is 1. The maximum Gasteiger partial charge on any atom is 0.0335 e. The Morgan fingerprint density at radius 2 is 2.24 bits per heavy atom. The van der Waals surface area contributed by atoms with Crippen molar-refractivity contribution >= 4 is 0 Å². The zero-order valence-corrected chi connectivity index (χ0v) is 11.1. The van der Waals surface area contributed by atoms with E-state index in [-0.39, 0.29) is 0 Å². The summed E-state index contributed by atoms with van der Waals surface area (Å²) in [5.74, 6) is 0. The lowest BCUT2D eigenvalue weighted by Gasteiger charge is -2.25. The second-order valence-electron chi connectivity index (χ2n) is 5.26. The monoisotopic (exact) mass is 233 g/mol. The van der Waals surface area contributed by atoms with Crippen molar-refractivity contribution in [3.05, 3.63) is 30.1 Å². The minimum absolute atomic E-state index is 0.475. The molecule has 2 atom stereocenters. The van der Waals surface area contributed by atoms with E-state index < -0.39 is 0 Å². The van der Waals surface area contributed by atoms with E-state index in [1.54, 1.807) is 0 Å². The van der Waals surface area contributed by atoms with Crippen LogP contribution < -0.4 is 5.32 Å². The van der Waals surface area contributed by atoms with Crippen LogP contribution >= 0.6 is 0 Å². The summed E-state index contributed by atoms with van der Waals surface area (Å²) in [5, 5.41) is 3.62. The third-order valence-electron chi connectivity index (χ3n) is 3.50. The molecule has 1 aromatic heterocycles. The molecule has 0 amide bonds. The molecule has 2 rings (SSSR count). The lowest BCUT2D eigenvalue weighted by atomic mass is 10.1. The lowest BCUT2D eigenvalue weighted by molar-refractivity contribution is 0.254. The molecule has 1 aliphatic heterocycles. The molecule has 0 spiro atoms. The summed E-state index contributed by atoms with van der Waals surface area (Å²) < 4.78 is 0.